The highest BCUT2D eigenvalue weighted by molar-refractivity contribution is 5.59. The molecule has 0 fully saturated rings. The molecule has 0 spiro atoms. The highest BCUT2D eigenvalue weighted by Gasteiger charge is 2.14. The van der Waals surface area contributed by atoms with Crippen LogP contribution in [0.25, 0.3) is 0 Å². The Labute approximate surface area is 112 Å². The Morgan fingerprint density at radius 2 is 2.21 bits per heavy atom. The van der Waals surface area contributed by atoms with E-state index in [1.165, 1.54) is 12.1 Å². The van der Waals surface area contributed by atoms with Gasteiger partial charge in [-0.3, -0.25) is 10.1 Å². The molecule has 1 rings (SSSR count). The van der Waals surface area contributed by atoms with Crippen LogP contribution in [-0.4, -0.2) is 36.5 Å². The fraction of sp³-hybridized carbons (Fsp3) is 0.462. The molecule has 0 aliphatic carbocycles. The van der Waals surface area contributed by atoms with E-state index in [9.17, 15) is 10.1 Å². The second-order valence-electron chi connectivity index (χ2n) is 4.74. The summed E-state index contributed by atoms with van der Waals surface area (Å²) in [6.07, 6.45) is 0.931. The Kier molecular flexibility index (Phi) is 5.27. The summed E-state index contributed by atoms with van der Waals surface area (Å²) in [6.45, 7) is 2.96. The summed E-state index contributed by atoms with van der Waals surface area (Å²) < 4.78 is 0. The van der Waals surface area contributed by atoms with E-state index in [2.05, 4.69) is 10.2 Å². The summed E-state index contributed by atoms with van der Waals surface area (Å²) in [4.78, 5) is 12.4. The molecule has 0 heterocycles. The molecule has 0 aliphatic rings. The van der Waals surface area contributed by atoms with Crippen LogP contribution in [-0.2, 0) is 0 Å². The third kappa shape index (κ3) is 4.56. The van der Waals surface area contributed by atoms with E-state index in [1.54, 1.807) is 6.07 Å². The number of anilines is 1. The first-order valence-corrected chi connectivity index (χ1v) is 6.04. The molecule has 6 nitrogen and oxygen atoms in total. The summed E-state index contributed by atoms with van der Waals surface area (Å²) in [5.74, 6) is 0. The van der Waals surface area contributed by atoms with Crippen molar-refractivity contribution in [1.82, 2.24) is 4.90 Å². The van der Waals surface area contributed by atoms with Crippen molar-refractivity contribution in [2.75, 3.05) is 26.0 Å². The third-order valence-corrected chi connectivity index (χ3v) is 2.74. The molecule has 0 radical (unpaired) electrons. The van der Waals surface area contributed by atoms with Crippen molar-refractivity contribution in [3.63, 3.8) is 0 Å². The topological polar surface area (TPSA) is 82.2 Å². The average Bonchev–Trinajstić information content (AvgIpc) is 2.36. The second-order valence-corrected chi connectivity index (χ2v) is 4.74. The first-order chi connectivity index (χ1) is 8.93. The lowest BCUT2D eigenvalue weighted by Gasteiger charge is -2.17. The van der Waals surface area contributed by atoms with Crippen molar-refractivity contribution >= 4 is 11.4 Å². The maximum atomic E-state index is 10.9. The Morgan fingerprint density at radius 3 is 2.74 bits per heavy atom. The summed E-state index contributed by atoms with van der Waals surface area (Å²) >= 11 is 0. The van der Waals surface area contributed by atoms with Crippen molar-refractivity contribution in [2.24, 2.45) is 0 Å². The lowest BCUT2D eigenvalue weighted by Crippen LogP contribution is -2.23. The highest BCUT2D eigenvalue weighted by atomic mass is 16.6. The fourth-order valence-corrected chi connectivity index (χ4v) is 1.68. The lowest BCUT2D eigenvalue weighted by molar-refractivity contribution is -0.385. The zero-order chi connectivity index (χ0) is 14.4. The van der Waals surface area contributed by atoms with Gasteiger partial charge in [-0.2, -0.15) is 5.26 Å². The predicted molar refractivity (Wildman–Crippen MR) is 74.1 cm³/mol. The SMILES string of the molecule is CC(CCN(C)C)Nc1ccc(C#N)c([N+](=O)[O-])c1. The van der Waals surface area contributed by atoms with Crippen molar-refractivity contribution in [1.29, 1.82) is 5.26 Å². The summed E-state index contributed by atoms with van der Waals surface area (Å²) in [5.41, 5.74) is 0.584. The molecule has 0 saturated carbocycles. The van der Waals surface area contributed by atoms with E-state index in [-0.39, 0.29) is 17.3 Å². The van der Waals surface area contributed by atoms with Crippen molar-refractivity contribution < 1.29 is 4.92 Å². The van der Waals surface area contributed by atoms with Gasteiger partial charge in [0.2, 0.25) is 0 Å². The van der Waals surface area contributed by atoms with Gasteiger partial charge in [0.05, 0.1) is 4.92 Å². The molecule has 19 heavy (non-hydrogen) atoms. The average molecular weight is 262 g/mol. The molecular weight excluding hydrogens is 244 g/mol. The fourth-order valence-electron chi connectivity index (χ4n) is 1.68. The van der Waals surface area contributed by atoms with Crippen LogP contribution >= 0.6 is 0 Å². The number of hydrogen-bond acceptors (Lipinski definition) is 5. The first kappa shape index (κ1) is 14.9. The maximum absolute atomic E-state index is 10.9. The minimum absolute atomic E-state index is 0.0801. The highest BCUT2D eigenvalue weighted by Crippen LogP contribution is 2.23. The summed E-state index contributed by atoms with van der Waals surface area (Å²) in [5, 5.41) is 22.9. The Bertz CT molecular complexity index is 494. The largest absolute Gasteiger partial charge is 0.382 e. The Morgan fingerprint density at radius 1 is 1.53 bits per heavy atom. The van der Waals surface area contributed by atoms with Gasteiger partial charge >= 0.3 is 0 Å². The number of hydrogen-bond donors (Lipinski definition) is 1. The minimum atomic E-state index is -0.534. The molecular formula is C13H18N4O2. The van der Waals surface area contributed by atoms with Gasteiger partial charge in [-0.05, 0) is 46.1 Å². The van der Waals surface area contributed by atoms with Gasteiger partial charge in [-0.1, -0.05) is 0 Å². The molecule has 6 heteroatoms. The Balaban J connectivity index is 2.77. The van der Waals surface area contributed by atoms with Crippen LogP contribution in [0.1, 0.15) is 18.9 Å². The van der Waals surface area contributed by atoms with Crippen molar-refractivity contribution in [3.8, 4) is 6.07 Å². The van der Waals surface area contributed by atoms with E-state index in [0.29, 0.717) is 5.69 Å². The van der Waals surface area contributed by atoms with Gasteiger partial charge in [-0.25, -0.2) is 0 Å². The van der Waals surface area contributed by atoms with Gasteiger partial charge in [0.15, 0.2) is 0 Å². The van der Waals surface area contributed by atoms with Crippen LogP contribution in [0.3, 0.4) is 0 Å². The molecule has 0 aromatic heterocycles. The van der Waals surface area contributed by atoms with E-state index >= 15 is 0 Å². The standard InChI is InChI=1S/C13H18N4O2/c1-10(6-7-16(2)3)15-12-5-4-11(9-14)13(8-12)17(18)19/h4-5,8,10,15H,6-7H2,1-3H3. The molecule has 1 N–H and O–H groups in total. The molecule has 102 valence electrons. The molecule has 1 aromatic rings. The van der Waals surface area contributed by atoms with Gasteiger partial charge < -0.3 is 10.2 Å². The molecule has 0 saturated heterocycles. The zero-order valence-electron chi connectivity index (χ0n) is 11.4. The molecule has 0 bridgehead atoms. The van der Waals surface area contributed by atoms with Crippen molar-refractivity contribution in [2.45, 2.75) is 19.4 Å². The van der Waals surface area contributed by atoms with E-state index in [0.717, 1.165) is 13.0 Å². The van der Waals surface area contributed by atoms with Crippen molar-refractivity contribution in [3.05, 3.63) is 33.9 Å². The van der Waals surface area contributed by atoms with Gasteiger partial charge in [0, 0.05) is 17.8 Å². The quantitative estimate of drug-likeness (QED) is 0.628. The number of nitrogens with one attached hydrogen (secondary N) is 1. The zero-order valence-corrected chi connectivity index (χ0v) is 11.4. The number of nitro benzene ring substituents is 1. The number of benzene rings is 1. The number of nitriles is 1. The smallest absolute Gasteiger partial charge is 0.289 e. The van der Waals surface area contributed by atoms with E-state index in [4.69, 9.17) is 5.26 Å². The summed E-state index contributed by atoms with van der Waals surface area (Å²) in [7, 11) is 4.00. The Hall–Kier alpha value is -2.13. The number of rotatable bonds is 6. The van der Waals surface area contributed by atoms with Gasteiger partial charge in [-0.15, -0.1) is 0 Å². The molecule has 1 atom stereocenters. The minimum Gasteiger partial charge on any atom is -0.382 e. The van der Waals surface area contributed by atoms with E-state index in [1.807, 2.05) is 27.1 Å². The van der Waals surface area contributed by atoms with E-state index < -0.39 is 4.92 Å². The number of nitro groups is 1. The maximum Gasteiger partial charge on any atom is 0.289 e. The predicted octanol–water partition coefficient (Wildman–Crippen LogP) is 2.22. The van der Waals surface area contributed by atoms with Gasteiger partial charge in [0.25, 0.3) is 5.69 Å². The third-order valence-electron chi connectivity index (χ3n) is 2.74. The van der Waals surface area contributed by atoms with Crippen LogP contribution in [0.5, 0.6) is 0 Å². The van der Waals surface area contributed by atoms with Crippen LogP contribution in [0.15, 0.2) is 18.2 Å². The monoisotopic (exact) mass is 262 g/mol. The summed E-state index contributed by atoms with van der Waals surface area (Å²) in [6, 6.07) is 6.60. The molecule has 1 aromatic carbocycles. The van der Waals surface area contributed by atoms with Crippen LogP contribution in [0.4, 0.5) is 11.4 Å². The normalized spacial score (nSPS) is 11.9. The lowest BCUT2D eigenvalue weighted by atomic mass is 10.1. The van der Waals surface area contributed by atoms with Crippen LogP contribution in [0, 0.1) is 21.4 Å². The molecule has 0 aliphatic heterocycles. The van der Waals surface area contributed by atoms with Crippen LogP contribution in [0.2, 0.25) is 0 Å². The van der Waals surface area contributed by atoms with Crippen LogP contribution < -0.4 is 5.32 Å². The molecule has 1 unspecified atom stereocenters. The van der Waals surface area contributed by atoms with Gasteiger partial charge in [0.1, 0.15) is 11.6 Å². The number of nitrogens with zero attached hydrogens (tertiary/aromatic N) is 3. The first-order valence-electron chi connectivity index (χ1n) is 6.04. The second kappa shape index (κ2) is 6.71. The molecule has 0 amide bonds.